The highest BCUT2D eigenvalue weighted by molar-refractivity contribution is 7.88. The van der Waals surface area contributed by atoms with Crippen LogP contribution in [0.1, 0.15) is 30.5 Å². The molecule has 21 heavy (non-hydrogen) atoms. The quantitative estimate of drug-likeness (QED) is 0.762. The fourth-order valence-corrected chi connectivity index (χ4v) is 3.92. The lowest BCUT2D eigenvalue weighted by Gasteiger charge is -2.29. The SMILES string of the molecule is CCc1nc(COC(=O)[C@@H]2CCCN(S(C)(=O)=O)C2)cs1. The lowest BCUT2D eigenvalue weighted by molar-refractivity contribution is -0.151. The van der Waals surface area contributed by atoms with Crippen LogP contribution in [0.4, 0.5) is 0 Å². The minimum atomic E-state index is -3.24. The van der Waals surface area contributed by atoms with Gasteiger partial charge in [-0.25, -0.2) is 17.7 Å². The fourth-order valence-electron chi connectivity index (χ4n) is 2.28. The molecule has 1 aliphatic rings. The number of ether oxygens (including phenoxy) is 1. The van der Waals surface area contributed by atoms with Crippen molar-refractivity contribution >= 4 is 27.3 Å². The number of aromatic nitrogens is 1. The number of piperidine rings is 1. The van der Waals surface area contributed by atoms with Crippen molar-refractivity contribution in [1.82, 2.24) is 9.29 Å². The van der Waals surface area contributed by atoms with Crippen LogP contribution in [0.25, 0.3) is 0 Å². The predicted octanol–water partition coefficient (Wildman–Crippen LogP) is 1.42. The van der Waals surface area contributed by atoms with Crippen LogP contribution in [0, 0.1) is 5.92 Å². The number of sulfonamides is 1. The fraction of sp³-hybridized carbons (Fsp3) is 0.692. The Hall–Kier alpha value is -0.990. The molecular weight excluding hydrogens is 312 g/mol. The maximum Gasteiger partial charge on any atom is 0.310 e. The molecule has 1 aromatic rings. The molecule has 8 heteroatoms. The van der Waals surface area contributed by atoms with E-state index in [1.807, 2.05) is 12.3 Å². The van der Waals surface area contributed by atoms with E-state index in [2.05, 4.69) is 4.98 Å². The van der Waals surface area contributed by atoms with Crippen molar-refractivity contribution < 1.29 is 17.9 Å². The zero-order chi connectivity index (χ0) is 15.5. The van der Waals surface area contributed by atoms with E-state index in [1.54, 1.807) is 11.3 Å². The van der Waals surface area contributed by atoms with E-state index in [9.17, 15) is 13.2 Å². The topological polar surface area (TPSA) is 76.6 Å². The molecule has 2 rings (SSSR count). The zero-order valence-electron chi connectivity index (χ0n) is 12.2. The first-order valence-corrected chi connectivity index (χ1v) is 9.68. The van der Waals surface area contributed by atoms with Gasteiger partial charge in [-0.2, -0.15) is 0 Å². The highest BCUT2D eigenvalue weighted by atomic mass is 32.2. The van der Waals surface area contributed by atoms with Gasteiger partial charge < -0.3 is 4.74 Å². The van der Waals surface area contributed by atoms with Crippen LogP contribution >= 0.6 is 11.3 Å². The van der Waals surface area contributed by atoms with Crippen molar-refractivity contribution in [2.24, 2.45) is 5.92 Å². The molecule has 1 saturated heterocycles. The molecule has 0 aromatic carbocycles. The molecule has 2 heterocycles. The second kappa shape index (κ2) is 6.85. The van der Waals surface area contributed by atoms with Crippen molar-refractivity contribution in [2.45, 2.75) is 32.8 Å². The van der Waals surface area contributed by atoms with Crippen molar-refractivity contribution in [3.05, 3.63) is 16.1 Å². The van der Waals surface area contributed by atoms with Gasteiger partial charge in [-0.05, 0) is 19.3 Å². The largest absolute Gasteiger partial charge is 0.459 e. The van der Waals surface area contributed by atoms with E-state index in [-0.39, 0.29) is 25.0 Å². The van der Waals surface area contributed by atoms with Gasteiger partial charge in [0.2, 0.25) is 10.0 Å². The summed E-state index contributed by atoms with van der Waals surface area (Å²) in [5.41, 5.74) is 0.751. The first-order chi connectivity index (χ1) is 9.90. The molecule has 0 spiro atoms. The zero-order valence-corrected chi connectivity index (χ0v) is 13.9. The second-order valence-electron chi connectivity index (χ2n) is 5.15. The van der Waals surface area contributed by atoms with E-state index in [0.29, 0.717) is 19.4 Å². The van der Waals surface area contributed by atoms with Crippen LogP contribution in [0.5, 0.6) is 0 Å². The highest BCUT2D eigenvalue weighted by Gasteiger charge is 2.31. The van der Waals surface area contributed by atoms with Crippen molar-refractivity contribution in [2.75, 3.05) is 19.3 Å². The minimum absolute atomic E-state index is 0.157. The number of nitrogens with zero attached hydrogens (tertiary/aromatic N) is 2. The molecular formula is C13H20N2O4S2. The molecule has 0 amide bonds. The summed E-state index contributed by atoms with van der Waals surface area (Å²) in [5, 5.41) is 2.90. The van der Waals surface area contributed by atoms with Crippen LogP contribution < -0.4 is 0 Å². The van der Waals surface area contributed by atoms with Gasteiger partial charge in [0.15, 0.2) is 0 Å². The number of carbonyl (C=O) groups excluding carboxylic acids is 1. The second-order valence-corrected chi connectivity index (χ2v) is 8.08. The smallest absolute Gasteiger partial charge is 0.310 e. The van der Waals surface area contributed by atoms with Crippen LogP contribution in [-0.4, -0.2) is 43.0 Å². The Kier molecular flexibility index (Phi) is 5.34. The molecule has 6 nitrogen and oxygen atoms in total. The summed E-state index contributed by atoms with van der Waals surface area (Å²) < 4.78 is 29.7. The van der Waals surface area contributed by atoms with E-state index in [1.165, 1.54) is 10.6 Å². The Bertz CT molecular complexity index is 597. The Labute approximate surface area is 129 Å². The van der Waals surface area contributed by atoms with Crippen LogP contribution in [-0.2, 0) is 32.6 Å². The van der Waals surface area contributed by atoms with Crippen molar-refractivity contribution in [3.63, 3.8) is 0 Å². The minimum Gasteiger partial charge on any atom is -0.459 e. The summed E-state index contributed by atoms with van der Waals surface area (Å²) in [6.07, 6.45) is 3.39. The molecule has 0 radical (unpaired) electrons. The van der Waals surface area contributed by atoms with Gasteiger partial charge >= 0.3 is 5.97 Å². The van der Waals surface area contributed by atoms with Crippen molar-refractivity contribution in [3.8, 4) is 0 Å². The van der Waals surface area contributed by atoms with E-state index >= 15 is 0 Å². The van der Waals surface area contributed by atoms with Crippen LogP contribution in [0.3, 0.4) is 0 Å². The third-order valence-electron chi connectivity index (χ3n) is 3.45. The lowest BCUT2D eigenvalue weighted by atomic mass is 10.00. The number of hydrogen-bond acceptors (Lipinski definition) is 6. The van der Waals surface area contributed by atoms with Gasteiger partial charge in [-0.1, -0.05) is 6.92 Å². The summed E-state index contributed by atoms with van der Waals surface area (Å²) in [5.74, 6) is -0.716. The average molecular weight is 332 g/mol. The number of esters is 1. The third kappa shape index (κ3) is 4.49. The normalized spacial score (nSPS) is 20.4. The molecule has 0 bridgehead atoms. The van der Waals surface area contributed by atoms with Crippen molar-refractivity contribution in [1.29, 1.82) is 0 Å². The third-order valence-corrected chi connectivity index (χ3v) is 5.76. The molecule has 1 fully saturated rings. The average Bonchev–Trinajstić information content (AvgIpc) is 2.92. The number of carbonyl (C=O) groups is 1. The maximum atomic E-state index is 12.1. The lowest BCUT2D eigenvalue weighted by Crippen LogP contribution is -2.42. The first-order valence-electron chi connectivity index (χ1n) is 6.95. The Balaban J connectivity index is 1.88. The summed E-state index contributed by atoms with van der Waals surface area (Å²) in [6, 6.07) is 0. The molecule has 118 valence electrons. The molecule has 1 aromatic heterocycles. The van der Waals surface area contributed by atoms with Gasteiger partial charge in [0, 0.05) is 18.5 Å². The number of aryl methyl sites for hydroxylation is 1. The molecule has 1 aliphatic heterocycles. The molecule has 0 unspecified atom stereocenters. The Morgan fingerprint density at radius 3 is 2.95 bits per heavy atom. The summed E-state index contributed by atoms with van der Waals surface area (Å²) in [7, 11) is -3.24. The monoisotopic (exact) mass is 332 g/mol. The molecule has 0 aliphatic carbocycles. The Morgan fingerprint density at radius 2 is 2.33 bits per heavy atom. The van der Waals surface area contributed by atoms with E-state index in [4.69, 9.17) is 4.74 Å². The molecule has 0 N–H and O–H groups in total. The first kappa shape index (κ1) is 16.4. The molecule has 0 saturated carbocycles. The van der Waals surface area contributed by atoms with E-state index < -0.39 is 10.0 Å². The van der Waals surface area contributed by atoms with Gasteiger partial charge in [0.25, 0.3) is 0 Å². The number of rotatable bonds is 5. The molecule has 1 atom stereocenters. The number of thiazole rings is 1. The highest BCUT2D eigenvalue weighted by Crippen LogP contribution is 2.20. The number of hydrogen-bond donors (Lipinski definition) is 0. The van der Waals surface area contributed by atoms with E-state index in [0.717, 1.165) is 17.1 Å². The maximum absolute atomic E-state index is 12.1. The standard InChI is InChI=1S/C13H20N2O4S2/c1-3-12-14-11(9-20-12)8-19-13(16)10-5-4-6-15(7-10)21(2,17)18/h9-10H,3-8H2,1-2H3/t10-/m1/s1. The van der Waals surface area contributed by atoms with Gasteiger partial charge in [0.05, 0.1) is 22.9 Å². The van der Waals surface area contributed by atoms with Crippen LogP contribution in [0.15, 0.2) is 5.38 Å². The Morgan fingerprint density at radius 1 is 1.57 bits per heavy atom. The summed E-state index contributed by atoms with van der Waals surface area (Å²) in [6.45, 7) is 2.88. The van der Waals surface area contributed by atoms with Gasteiger partial charge in [-0.3, -0.25) is 4.79 Å². The van der Waals surface area contributed by atoms with Crippen LogP contribution in [0.2, 0.25) is 0 Å². The van der Waals surface area contributed by atoms with Gasteiger partial charge in [-0.15, -0.1) is 11.3 Å². The summed E-state index contributed by atoms with van der Waals surface area (Å²) in [4.78, 5) is 16.4. The summed E-state index contributed by atoms with van der Waals surface area (Å²) >= 11 is 1.55. The predicted molar refractivity (Wildman–Crippen MR) is 80.4 cm³/mol. The van der Waals surface area contributed by atoms with Gasteiger partial charge in [0.1, 0.15) is 6.61 Å².